The first kappa shape index (κ1) is 19.4. The van der Waals surface area contributed by atoms with E-state index in [4.69, 9.17) is 0 Å². The zero-order valence-electron chi connectivity index (χ0n) is 19.5. The van der Waals surface area contributed by atoms with Crippen molar-refractivity contribution in [2.75, 3.05) is 0 Å². The molecule has 8 rings (SSSR count). The van der Waals surface area contributed by atoms with Gasteiger partial charge in [0.15, 0.2) is 0 Å². The van der Waals surface area contributed by atoms with Gasteiger partial charge in [0.25, 0.3) is 0 Å². The molecular formula is C33H21N3. The summed E-state index contributed by atoms with van der Waals surface area (Å²) in [6.07, 6.45) is 6.01. The van der Waals surface area contributed by atoms with E-state index in [0.29, 0.717) is 0 Å². The maximum Gasteiger partial charge on any atom is 0.0790 e. The number of rotatable bonds is 2. The largest absolute Gasteiger partial charge is 0.314 e. The summed E-state index contributed by atoms with van der Waals surface area (Å²) in [5, 5.41) is 6.24. The van der Waals surface area contributed by atoms with E-state index in [0.717, 1.165) is 5.69 Å². The Balaban J connectivity index is 1.64. The summed E-state index contributed by atoms with van der Waals surface area (Å²) in [4.78, 5) is 4.46. The van der Waals surface area contributed by atoms with Crippen LogP contribution in [-0.4, -0.2) is 14.0 Å². The molecule has 0 atom stereocenters. The molecule has 0 aliphatic heterocycles. The van der Waals surface area contributed by atoms with Crippen LogP contribution in [-0.2, 0) is 0 Å². The second-order valence-corrected chi connectivity index (χ2v) is 9.31. The van der Waals surface area contributed by atoms with Crippen molar-refractivity contribution in [2.24, 2.45) is 0 Å². The van der Waals surface area contributed by atoms with Crippen LogP contribution in [0.4, 0.5) is 0 Å². The Kier molecular flexibility index (Phi) is 3.94. The molecular weight excluding hydrogens is 438 g/mol. The van der Waals surface area contributed by atoms with Gasteiger partial charge < -0.3 is 8.97 Å². The number of hydrogen-bond acceptors (Lipinski definition) is 1. The molecule has 4 heterocycles. The van der Waals surface area contributed by atoms with Gasteiger partial charge >= 0.3 is 0 Å². The molecule has 0 aliphatic rings. The number of nitrogens with zero attached hydrogens (tertiary/aromatic N) is 3. The number of benzene rings is 4. The zero-order valence-corrected chi connectivity index (χ0v) is 19.5. The van der Waals surface area contributed by atoms with E-state index >= 15 is 0 Å². The van der Waals surface area contributed by atoms with Gasteiger partial charge in [-0.05, 0) is 52.7 Å². The van der Waals surface area contributed by atoms with Crippen LogP contribution in [0.1, 0.15) is 0 Å². The second kappa shape index (κ2) is 7.30. The van der Waals surface area contributed by atoms with E-state index in [2.05, 4.69) is 123 Å². The average molecular weight is 460 g/mol. The van der Waals surface area contributed by atoms with Gasteiger partial charge in [-0.15, -0.1) is 0 Å². The van der Waals surface area contributed by atoms with Crippen LogP contribution >= 0.6 is 0 Å². The summed E-state index contributed by atoms with van der Waals surface area (Å²) in [5.74, 6) is 0. The fourth-order valence-corrected chi connectivity index (χ4v) is 5.86. The topological polar surface area (TPSA) is 22.2 Å². The molecule has 168 valence electrons. The molecule has 4 aromatic heterocycles. The molecule has 3 heteroatoms. The van der Waals surface area contributed by atoms with Gasteiger partial charge in [-0.1, -0.05) is 72.8 Å². The van der Waals surface area contributed by atoms with Crippen molar-refractivity contribution < 1.29 is 0 Å². The first-order valence-electron chi connectivity index (χ1n) is 12.2. The summed E-state index contributed by atoms with van der Waals surface area (Å²) in [5.41, 5.74) is 8.35. The lowest BCUT2D eigenvalue weighted by Gasteiger charge is -2.10. The van der Waals surface area contributed by atoms with Crippen LogP contribution in [0, 0.1) is 0 Å². The highest BCUT2D eigenvalue weighted by Gasteiger charge is 2.21. The smallest absolute Gasteiger partial charge is 0.0790 e. The molecule has 0 N–H and O–H groups in total. The highest BCUT2D eigenvalue weighted by atomic mass is 15.0. The van der Waals surface area contributed by atoms with Gasteiger partial charge in [0, 0.05) is 34.1 Å². The lowest BCUT2D eigenvalue weighted by atomic mass is 9.99. The Morgan fingerprint density at radius 3 is 2.19 bits per heavy atom. The van der Waals surface area contributed by atoms with Crippen molar-refractivity contribution in [3.8, 4) is 16.8 Å². The van der Waals surface area contributed by atoms with E-state index in [1.807, 2.05) is 18.5 Å². The first-order chi connectivity index (χ1) is 17.9. The molecule has 0 radical (unpaired) electrons. The Bertz CT molecular complexity index is 2100. The van der Waals surface area contributed by atoms with Gasteiger partial charge in [-0.25, -0.2) is 0 Å². The summed E-state index contributed by atoms with van der Waals surface area (Å²) >= 11 is 0. The quantitative estimate of drug-likeness (QED) is 0.254. The standard InChI is InChI=1S/C33H21N3/c1-2-9-23-20-24(16-15-22(23)8-1)31-28-12-4-5-13-29(28)35-19-17-27-26-11-3-6-14-30(26)36(32(27)33(31)35)25-10-7-18-34-21-25/h1-21H. The Labute approximate surface area is 207 Å². The van der Waals surface area contributed by atoms with Crippen LogP contribution in [0.2, 0.25) is 0 Å². The summed E-state index contributed by atoms with van der Waals surface area (Å²) in [6, 6.07) is 39.2. The highest BCUT2D eigenvalue weighted by molar-refractivity contribution is 6.20. The molecule has 3 nitrogen and oxygen atoms in total. The van der Waals surface area contributed by atoms with Crippen molar-refractivity contribution in [1.29, 1.82) is 0 Å². The number of pyridine rings is 2. The third kappa shape index (κ3) is 2.60. The van der Waals surface area contributed by atoms with E-state index in [-0.39, 0.29) is 0 Å². The van der Waals surface area contributed by atoms with Gasteiger partial charge in [0.1, 0.15) is 0 Å². The van der Waals surface area contributed by atoms with E-state index in [1.54, 1.807) is 0 Å². The first-order valence-corrected chi connectivity index (χ1v) is 12.2. The van der Waals surface area contributed by atoms with E-state index < -0.39 is 0 Å². The lowest BCUT2D eigenvalue weighted by Crippen LogP contribution is -1.96. The van der Waals surface area contributed by atoms with Crippen LogP contribution in [0.3, 0.4) is 0 Å². The van der Waals surface area contributed by atoms with Crippen molar-refractivity contribution in [1.82, 2.24) is 14.0 Å². The molecule has 0 saturated heterocycles. The highest BCUT2D eigenvalue weighted by Crippen LogP contribution is 2.43. The van der Waals surface area contributed by atoms with Gasteiger partial charge in [-0.2, -0.15) is 0 Å². The van der Waals surface area contributed by atoms with Crippen LogP contribution in [0.5, 0.6) is 0 Å². The average Bonchev–Trinajstić information content (AvgIpc) is 3.46. The Morgan fingerprint density at radius 2 is 1.33 bits per heavy atom. The molecule has 0 saturated carbocycles. The fraction of sp³-hybridized carbons (Fsp3) is 0. The minimum Gasteiger partial charge on any atom is -0.314 e. The SMILES string of the molecule is c1cncc(-n2c3ccccc3c3ccn4c5ccccc5c(-c5ccc6ccccc6c5)c4c32)c1. The molecule has 8 aromatic rings. The molecule has 0 spiro atoms. The minimum atomic E-state index is 1.06. The van der Waals surface area contributed by atoms with Crippen LogP contribution < -0.4 is 0 Å². The predicted octanol–water partition coefficient (Wildman–Crippen LogP) is 8.40. The third-order valence-electron chi connectivity index (χ3n) is 7.38. The van der Waals surface area contributed by atoms with Crippen LogP contribution in [0.15, 0.2) is 128 Å². The Hall–Kier alpha value is -4.89. The zero-order chi connectivity index (χ0) is 23.6. The number of hydrogen-bond donors (Lipinski definition) is 0. The molecule has 0 amide bonds. The number of para-hydroxylation sites is 2. The summed E-state index contributed by atoms with van der Waals surface area (Å²) in [7, 11) is 0. The number of fused-ring (bicyclic) bond motifs is 8. The van der Waals surface area contributed by atoms with E-state index in [9.17, 15) is 0 Å². The maximum absolute atomic E-state index is 4.46. The Morgan fingerprint density at radius 1 is 0.556 bits per heavy atom. The van der Waals surface area contributed by atoms with Gasteiger partial charge in [0.05, 0.1) is 34.0 Å². The monoisotopic (exact) mass is 459 g/mol. The van der Waals surface area contributed by atoms with Crippen molar-refractivity contribution in [3.05, 3.63) is 128 Å². The molecule has 0 aliphatic carbocycles. The van der Waals surface area contributed by atoms with Crippen molar-refractivity contribution in [2.45, 2.75) is 0 Å². The fourth-order valence-electron chi connectivity index (χ4n) is 5.86. The second-order valence-electron chi connectivity index (χ2n) is 9.31. The minimum absolute atomic E-state index is 1.06. The van der Waals surface area contributed by atoms with Crippen LogP contribution in [0.25, 0.3) is 65.8 Å². The molecule has 36 heavy (non-hydrogen) atoms. The molecule has 0 unspecified atom stereocenters. The third-order valence-corrected chi connectivity index (χ3v) is 7.38. The van der Waals surface area contributed by atoms with Crippen molar-refractivity contribution in [3.63, 3.8) is 0 Å². The summed E-state index contributed by atoms with van der Waals surface area (Å²) in [6.45, 7) is 0. The van der Waals surface area contributed by atoms with Gasteiger partial charge in [0.2, 0.25) is 0 Å². The van der Waals surface area contributed by atoms with Crippen molar-refractivity contribution >= 4 is 49.0 Å². The lowest BCUT2D eigenvalue weighted by molar-refractivity contribution is 1.13. The molecule has 0 fully saturated rings. The van der Waals surface area contributed by atoms with E-state index in [1.165, 1.54) is 60.1 Å². The molecule has 0 bridgehead atoms. The predicted molar refractivity (Wildman–Crippen MR) is 150 cm³/mol. The molecule has 4 aromatic carbocycles. The maximum atomic E-state index is 4.46. The van der Waals surface area contributed by atoms with Gasteiger partial charge in [-0.3, -0.25) is 4.98 Å². The normalized spacial score (nSPS) is 11.9. The number of aromatic nitrogens is 3. The summed E-state index contributed by atoms with van der Waals surface area (Å²) < 4.78 is 4.73.